The first-order valence-electron chi connectivity index (χ1n) is 8.16. The van der Waals surface area contributed by atoms with Gasteiger partial charge in [-0.3, -0.25) is 14.7 Å². The molecule has 128 valence electrons. The number of H-pyrrole nitrogens is 1. The molecule has 3 aromatic rings. The summed E-state index contributed by atoms with van der Waals surface area (Å²) in [4.78, 5) is 25.7. The SMILES string of the molecule is Cc1cccc2cc(CN3CCc4nc(N)[nH]c(=O)c4C3)c(Cl)nc12. The fraction of sp³-hybridized carbons (Fsp3) is 0.278. The number of nitrogens with zero attached hydrogens (tertiary/aromatic N) is 3. The van der Waals surface area contributed by atoms with Gasteiger partial charge in [0.1, 0.15) is 5.15 Å². The van der Waals surface area contributed by atoms with Crippen molar-refractivity contribution in [3.05, 3.63) is 62.2 Å². The van der Waals surface area contributed by atoms with Gasteiger partial charge in [-0.2, -0.15) is 0 Å². The van der Waals surface area contributed by atoms with Crippen LogP contribution in [0.15, 0.2) is 29.1 Å². The minimum atomic E-state index is -0.162. The molecule has 0 saturated heterocycles. The Morgan fingerprint density at radius 3 is 3.04 bits per heavy atom. The molecule has 0 fully saturated rings. The van der Waals surface area contributed by atoms with E-state index in [1.165, 1.54) is 0 Å². The highest BCUT2D eigenvalue weighted by atomic mass is 35.5. The van der Waals surface area contributed by atoms with Crippen molar-refractivity contribution in [3.8, 4) is 0 Å². The molecule has 0 bridgehead atoms. The number of anilines is 1. The number of rotatable bonds is 2. The van der Waals surface area contributed by atoms with E-state index in [1.54, 1.807) is 0 Å². The van der Waals surface area contributed by atoms with Crippen LogP contribution in [0.2, 0.25) is 5.15 Å². The Hall–Kier alpha value is -2.44. The summed E-state index contributed by atoms with van der Waals surface area (Å²) in [6.45, 7) is 3.99. The maximum absolute atomic E-state index is 12.1. The molecule has 3 N–H and O–H groups in total. The number of nitrogens with one attached hydrogen (secondary N) is 1. The molecule has 7 heteroatoms. The molecule has 0 spiro atoms. The molecule has 1 aromatic carbocycles. The highest BCUT2D eigenvalue weighted by Crippen LogP contribution is 2.25. The average Bonchev–Trinajstić information content (AvgIpc) is 2.57. The lowest BCUT2D eigenvalue weighted by atomic mass is 10.1. The third-order valence-electron chi connectivity index (χ3n) is 4.63. The molecule has 1 aliphatic heterocycles. The van der Waals surface area contributed by atoms with Crippen LogP contribution in [-0.2, 0) is 19.5 Å². The molecule has 0 radical (unpaired) electrons. The number of halogens is 1. The number of nitrogens with two attached hydrogens (primary N) is 1. The normalized spacial score (nSPS) is 14.6. The van der Waals surface area contributed by atoms with Crippen molar-refractivity contribution in [1.82, 2.24) is 19.9 Å². The summed E-state index contributed by atoms with van der Waals surface area (Å²) in [5, 5.41) is 1.58. The number of pyridine rings is 1. The van der Waals surface area contributed by atoms with Gasteiger partial charge in [-0.05, 0) is 18.6 Å². The number of nitrogen functional groups attached to an aromatic ring is 1. The Bertz CT molecular complexity index is 1030. The molecule has 3 heterocycles. The fourth-order valence-corrected chi connectivity index (χ4v) is 3.55. The number of hydrogen-bond donors (Lipinski definition) is 2. The summed E-state index contributed by atoms with van der Waals surface area (Å²) in [7, 11) is 0. The van der Waals surface area contributed by atoms with E-state index < -0.39 is 0 Å². The molecule has 0 aliphatic carbocycles. The molecular formula is C18H18ClN5O. The Morgan fingerprint density at radius 2 is 2.20 bits per heavy atom. The van der Waals surface area contributed by atoms with Gasteiger partial charge in [0.2, 0.25) is 5.95 Å². The molecular weight excluding hydrogens is 338 g/mol. The molecule has 25 heavy (non-hydrogen) atoms. The fourth-order valence-electron chi connectivity index (χ4n) is 3.35. The standard InChI is InChI=1S/C18H18ClN5O/c1-10-3-2-4-11-7-12(16(19)22-15(10)11)8-24-6-5-14-13(9-24)17(25)23-18(20)21-14/h2-4,7H,5-6,8-9H2,1H3,(H3,20,21,23,25). The summed E-state index contributed by atoms with van der Waals surface area (Å²) in [6.07, 6.45) is 0.696. The van der Waals surface area contributed by atoms with E-state index in [1.807, 2.05) is 25.1 Å². The molecule has 0 unspecified atom stereocenters. The lowest BCUT2D eigenvalue weighted by Gasteiger charge is -2.27. The van der Waals surface area contributed by atoms with Crippen molar-refractivity contribution in [2.45, 2.75) is 26.4 Å². The van der Waals surface area contributed by atoms with Crippen LogP contribution >= 0.6 is 11.6 Å². The molecule has 6 nitrogen and oxygen atoms in total. The predicted molar refractivity (Wildman–Crippen MR) is 98.6 cm³/mol. The minimum absolute atomic E-state index is 0.162. The largest absolute Gasteiger partial charge is 0.369 e. The topological polar surface area (TPSA) is 87.9 Å². The van der Waals surface area contributed by atoms with Gasteiger partial charge in [0, 0.05) is 37.0 Å². The average molecular weight is 356 g/mol. The number of hydrogen-bond acceptors (Lipinski definition) is 5. The van der Waals surface area contributed by atoms with E-state index in [9.17, 15) is 4.79 Å². The number of aromatic nitrogens is 3. The summed E-state index contributed by atoms with van der Waals surface area (Å²) >= 11 is 6.41. The molecule has 0 atom stereocenters. The van der Waals surface area contributed by atoms with Crippen molar-refractivity contribution in [2.75, 3.05) is 12.3 Å². The second-order valence-electron chi connectivity index (χ2n) is 6.42. The summed E-state index contributed by atoms with van der Waals surface area (Å²) in [5.74, 6) is 0.175. The maximum Gasteiger partial charge on any atom is 0.257 e. The van der Waals surface area contributed by atoms with Gasteiger partial charge in [-0.1, -0.05) is 29.8 Å². The number of para-hydroxylation sites is 1. The lowest BCUT2D eigenvalue weighted by Crippen LogP contribution is -2.35. The Labute approximate surface area is 149 Å². The number of aromatic amines is 1. The molecule has 1 aliphatic rings. The van der Waals surface area contributed by atoms with Crippen LogP contribution in [0.1, 0.15) is 22.4 Å². The van der Waals surface area contributed by atoms with Crippen LogP contribution in [0.25, 0.3) is 10.9 Å². The van der Waals surface area contributed by atoms with Crippen LogP contribution < -0.4 is 11.3 Å². The van der Waals surface area contributed by atoms with Gasteiger partial charge < -0.3 is 5.73 Å². The highest BCUT2D eigenvalue weighted by molar-refractivity contribution is 6.30. The third kappa shape index (κ3) is 2.99. The maximum atomic E-state index is 12.1. The number of benzene rings is 1. The Morgan fingerprint density at radius 1 is 1.36 bits per heavy atom. The third-order valence-corrected chi connectivity index (χ3v) is 4.96. The van der Waals surface area contributed by atoms with Crippen LogP contribution in [0, 0.1) is 6.92 Å². The first kappa shape index (κ1) is 16.1. The van der Waals surface area contributed by atoms with Crippen LogP contribution in [0.5, 0.6) is 0 Å². The zero-order valence-electron chi connectivity index (χ0n) is 13.8. The summed E-state index contributed by atoms with van der Waals surface area (Å²) in [5.41, 5.74) is 9.92. The lowest BCUT2D eigenvalue weighted by molar-refractivity contribution is 0.242. The van der Waals surface area contributed by atoms with Crippen LogP contribution in [0.3, 0.4) is 0 Å². The monoisotopic (exact) mass is 355 g/mol. The van der Waals surface area contributed by atoms with Crippen molar-refractivity contribution < 1.29 is 0 Å². The molecule has 4 rings (SSSR count). The smallest absolute Gasteiger partial charge is 0.257 e. The zero-order valence-corrected chi connectivity index (χ0v) is 14.6. The van der Waals surface area contributed by atoms with Gasteiger partial charge in [-0.25, -0.2) is 9.97 Å². The van der Waals surface area contributed by atoms with Gasteiger partial charge in [0.05, 0.1) is 16.8 Å². The predicted octanol–water partition coefficient (Wildman–Crippen LogP) is 2.42. The van der Waals surface area contributed by atoms with Crippen molar-refractivity contribution >= 4 is 28.5 Å². The van der Waals surface area contributed by atoms with Gasteiger partial charge >= 0.3 is 0 Å². The van der Waals surface area contributed by atoms with E-state index in [0.29, 0.717) is 30.2 Å². The zero-order chi connectivity index (χ0) is 17.6. The minimum Gasteiger partial charge on any atom is -0.369 e. The Kier molecular flexibility index (Phi) is 3.94. The highest BCUT2D eigenvalue weighted by Gasteiger charge is 2.22. The van der Waals surface area contributed by atoms with Crippen molar-refractivity contribution in [1.29, 1.82) is 0 Å². The first-order valence-corrected chi connectivity index (χ1v) is 8.53. The van der Waals surface area contributed by atoms with E-state index in [4.69, 9.17) is 17.3 Å². The van der Waals surface area contributed by atoms with Gasteiger partial charge in [-0.15, -0.1) is 0 Å². The second-order valence-corrected chi connectivity index (χ2v) is 6.78. The van der Waals surface area contributed by atoms with Crippen molar-refractivity contribution in [2.24, 2.45) is 0 Å². The first-order chi connectivity index (χ1) is 12.0. The van der Waals surface area contributed by atoms with E-state index in [-0.39, 0.29) is 11.5 Å². The van der Waals surface area contributed by atoms with Crippen LogP contribution in [0.4, 0.5) is 5.95 Å². The summed E-state index contributed by atoms with van der Waals surface area (Å²) < 4.78 is 0. The van der Waals surface area contributed by atoms with E-state index in [2.05, 4.69) is 25.9 Å². The number of aryl methyl sites for hydroxylation is 1. The quantitative estimate of drug-likeness (QED) is 0.689. The van der Waals surface area contributed by atoms with Gasteiger partial charge in [0.15, 0.2) is 0 Å². The van der Waals surface area contributed by atoms with E-state index in [0.717, 1.165) is 34.3 Å². The van der Waals surface area contributed by atoms with Gasteiger partial charge in [0.25, 0.3) is 5.56 Å². The molecule has 0 saturated carbocycles. The Balaban J connectivity index is 1.64. The van der Waals surface area contributed by atoms with Crippen LogP contribution in [-0.4, -0.2) is 26.4 Å². The van der Waals surface area contributed by atoms with E-state index >= 15 is 0 Å². The second kappa shape index (κ2) is 6.13. The number of fused-ring (bicyclic) bond motifs is 2. The summed E-state index contributed by atoms with van der Waals surface area (Å²) in [6, 6.07) is 8.17. The molecule has 2 aromatic heterocycles. The molecule has 0 amide bonds. The van der Waals surface area contributed by atoms with Crippen molar-refractivity contribution in [3.63, 3.8) is 0 Å².